The van der Waals surface area contributed by atoms with E-state index in [1.807, 2.05) is 4.90 Å². The van der Waals surface area contributed by atoms with Gasteiger partial charge in [-0.3, -0.25) is 14.9 Å². The lowest BCUT2D eigenvalue weighted by molar-refractivity contribution is -0.384. The summed E-state index contributed by atoms with van der Waals surface area (Å²) in [6.45, 7) is 2.78. The van der Waals surface area contributed by atoms with Crippen molar-refractivity contribution >= 4 is 39.0 Å². The van der Waals surface area contributed by atoms with Crippen LogP contribution in [0.1, 0.15) is 30.1 Å². The van der Waals surface area contributed by atoms with Gasteiger partial charge in [0.15, 0.2) is 6.10 Å². The smallest absolute Gasteiger partial charge is 0.341 e. The van der Waals surface area contributed by atoms with Gasteiger partial charge < -0.3 is 15.0 Å². The fraction of sp³-hybridized carbons (Fsp3) is 0.364. The van der Waals surface area contributed by atoms with Crippen molar-refractivity contribution in [3.63, 3.8) is 0 Å². The van der Waals surface area contributed by atoms with Crippen LogP contribution in [-0.2, 0) is 19.6 Å². The van der Waals surface area contributed by atoms with Crippen LogP contribution in [0.25, 0.3) is 0 Å². The number of nitro benzene ring substituents is 1. The normalized spacial score (nSPS) is 14.6. The van der Waals surface area contributed by atoms with Crippen LogP contribution >= 0.6 is 0 Å². The first kappa shape index (κ1) is 25.1. The number of hydrogen-bond acceptors (Lipinski definition) is 8. The highest BCUT2D eigenvalue weighted by atomic mass is 32.2. The molecule has 1 heterocycles. The van der Waals surface area contributed by atoms with Gasteiger partial charge in [-0.25, -0.2) is 17.5 Å². The van der Waals surface area contributed by atoms with Crippen molar-refractivity contribution in [3.05, 3.63) is 58.1 Å². The van der Waals surface area contributed by atoms with E-state index in [0.717, 1.165) is 17.1 Å². The third-order valence-electron chi connectivity index (χ3n) is 5.39. The zero-order valence-electron chi connectivity index (χ0n) is 19.1. The van der Waals surface area contributed by atoms with Gasteiger partial charge >= 0.3 is 5.97 Å². The van der Waals surface area contributed by atoms with E-state index in [1.54, 1.807) is 6.07 Å². The SMILES string of the molecule is CC(OC(=O)c1cc(S(=O)(=O)N(C)C)ccc1N1CCCC1)C(=O)Nc1cccc([N+](=O)[O-])c1. The van der Waals surface area contributed by atoms with Crippen LogP contribution < -0.4 is 10.2 Å². The molecule has 0 aliphatic carbocycles. The minimum atomic E-state index is -3.80. The number of amides is 1. The molecule has 12 heteroatoms. The molecular formula is C22H26N4O7S. The zero-order valence-corrected chi connectivity index (χ0v) is 19.9. The summed E-state index contributed by atoms with van der Waals surface area (Å²) in [6.07, 6.45) is 0.634. The number of rotatable bonds is 8. The number of carbonyl (C=O) groups is 2. The Bertz CT molecular complexity index is 1210. The first-order valence-electron chi connectivity index (χ1n) is 10.6. The zero-order chi connectivity index (χ0) is 25.0. The summed E-state index contributed by atoms with van der Waals surface area (Å²) in [6, 6.07) is 9.64. The molecule has 0 aromatic heterocycles. The molecule has 1 fully saturated rings. The second-order valence-corrected chi connectivity index (χ2v) is 10.2. The Hall–Kier alpha value is -3.51. The fourth-order valence-electron chi connectivity index (χ4n) is 3.50. The van der Waals surface area contributed by atoms with E-state index in [2.05, 4.69) is 5.32 Å². The molecule has 1 N–H and O–H groups in total. The molecule has 2 aromatic carbocycles. The Morgan fingerprint density at radius 3 is 2.44 bits per heavy atom. The largest absolute Gasteiger partial charge is 0.449 e. The van der Waals surface area contributed by atoms with Crippen molar-refractivity contribution in [1.82, 2.24) is 4.31 Å². The van der Waals surface area contributed by atoms with Gasteiger partial charge in [-0.05, 0) is 44.0 Å². The minimum absolute atomic E-state index is 0.0415. The van der Waals surface area contributed by atoms with Crippen LogP contribution in [0.4, 0.5) is 17.1 Å². The Morgan fingerprint density at radius 2 is 1.82 bits per heavy atom. The molecule has 0 radical (unpaired) electrons. The summed E-state index contributed by atoms with van der Waals surface area (Å²) >= 11 is 0. The number of non-ortho nitro benzene ring substituents is 1. The number of nitrogens with one attached hydrogen (secondary N) is 1. The first-order chi connectivity index (χ1) is 16.0. The molecule has 1 aliphatic heterocycles. The summed E-state index contributed by atoms with van der Waals surface area (Å²) in [5, 5.41) is 13.4. The third-order valence-corrected chi connectivity index (χ3v) is 7.20. The van der Waals surface area contributed by atoms with Crippen molar-refractivity contribution in [2.45, 2.75) is 30.8 Å². The number of sulfonamides is 1. The van der Waals surface area contributed by atoms with Crippen LogP contribution in [0.2, 0.25) is 0 Å². The lowest BCUT2D eigenvalue weighted by atomic mass is 10.1. The highest BCUT2D eigenvalue weighted by Gasteiger charge is 2.27. The van der Waals surface area contributed by atoms with Crippen molar-refractivity contribution < 1.29 is 27.7 Å². The molecule has 3 rings (SSSR count). The average molecular weight is 491 g/mol. The molecule has 1 saturated heterocycles. The van der Waals surface area contributed by atoms with E-state index >= 15 is 0 Å². The van der Waals surface area contributed by atoms with Crippen molar-refractivity contribution in [1.29, 1.82) is 0 Å². The van der Waals surface area contributed by atoms with Gasteiger partial charge in [0.1, 0.15) is 0 Å². The molecule has 0 saturated carbocycles. The number of esters is 1. The predicted molar refractivity (Wildman–Crippen MR) is 125 cm³/mol. The summed E-state index contributed by atoms with van der Waals surface area (Å²) in [7, 11) is -1.02. The summed E-state index contributed by atoms with van der Waals surface area (Å²) in [4.78, 5) is 37.8. The van der Waals surface area contributed by atoms with Crippen molar-refractivity contribution in [3.8, 4) is 0 Å². The molecule has 34 heavy (non-hydrogen) atoms. The van der Waals surface area contributed by atoms with Gasteiger partial charge in [-0.2, -0.15) is 0 Å². The van der Waals surface area contributed by atoms with E-state index in [0.29, 0.717) is 18.8 Å². The number of nitrogens with zero attached hydrogens (tertiary/aromatic N) is 3. The van der Waals surface area contributed by atoms with Crippen LogP contribution in [0.15, 0.2) is 47.4 Å². The highest BCUT2D eigenvalue weighted by molar-refractivity contribution is 7.89. The van der Waals surface area contributed by atoms with E-state index < -0.39 is 32.9 Å². The number of ether oxygens (including phenoxy) is 1. The Labute approximate surface area is 197 Å². The van der Waals surface area contributed by atoms with E-state index in [-0.39, 0.29) is 21.8 Å². The summed E-state index contributed by atoms with van der Waals surface area (Å²) < 4.78 is 31.6. The van der Waals surface area contributed by atoms with Gasteiger partial charge in [-0.1, -0.05) is 6.07 Å². The van der Waals surface area contributed by atoms with Gasteiger partial charge in [0.2, 0.25) is 10.0 Å². The number of benzene rings is 2. The number of nitro groups is 1. The van der Waals surface area contributed by atoms with E-state index in [4.69, 9.17) is 4.74 Å². The molecule has 1 amide bonds. The number of anilines is 2. The Morgan fingerprint density at radius 1 is 1.15 bits per heavy atom. The lowest BCUT2D eigenvalue weighted by Gasteiger charge is -2.23. The standard InChI is InChI=1S/C22H26N4O7S/c1-15(21(27)23-16-7-6-8-17(13-16)26(29)30)33-22(28)19-14-18(34(31,32)24(2)3)9-10-20(19)25-11-4-5-12-25/h6-10,13-15H,4-5,11-12H2,1-3H3,(H,23,27). The first-order valence-corrected chi connectivity index (χ1v) is 12.0. The lowest BCUT2D eigenvalue weighted by Crippen LogP contribution is -2.31. The maximum atomic E-state index is 13.1. The van der Waals surface area contributed by atoms with Crippen LogP contribution in [0, 0.1) is 10.1 Å². The Balaban J connectivity index is 1.83. The van der Waals surface area contributed by atoms with Gasteiger partial charge in [-0.15, -0.1) is 0 Å². The highest BCUT2D eigenvalue weighted by Crippen LogP contribution is 2.29. The molecule has 11 nitrogen and oxygen atoms in total. The summed E-state index contributed by atoms with van der Waals surface area (Å²) in [5.74, 6) is -1.53. The van der Waals surface area contributed by atoms with Gasteiger partial charge in [0.05, 0.1) is 21.1 Å². The molecular weight excluding hydrogens is 464 g/mol. The molecule has 0 bridgehead atoms. The molecule has 1 atom stereocenters. The second kappa shape index (κ2) is 10.2. The molecule has 1 aliphatic rings. The topological polar surface area (TPSA) is 139 Å². The third kappa shape index (κ3) is 5.51. The predicted octanol–water partition coefficient (Wildman–Crippen LogP) is 2.63. The van der Waals surface area contributed by atoms with Crippen LogP contribution in [-0.4, -0.2) is 62.8 Å². The quantitative estimate of drug-likeness (QED) is 0.338. The Kier molecular flexibility index (Phi) is 7.52. The minimum Gasteiger partial charge on any atom is -0.449 e. The van der Waals surface area contributed by atoms with Gasteiger partial charge in [0.25, 0.3) is 11.6 Å². The molecule has 1 unspecified atom stereocenters. The second-order valence-electron chi connectivity index (χ2n) is 8.00. The van der Waals surface area contributed by atoms with E-state index in [9.17, 15) is 28.1 Å². The number of carbonyl (C=O) groups excluding carboxylic acids is 2. The van der Waals surface area contributed by atoms with Crippen molar-refractivity contribution in [2.24, 2.45) is 0 Å². The van der Waals surface area contributed by atoms with Crippen molar-refractivity contribution in [2.75, 3.05) is 37.4 Å². The average Bonchev–Trinajstić information content (AvgIpc) is 3.33. The van der Waals surface area contributed by atoms with E-state index in [1.165, 1.54) is 57.4 Å². The van der Waals surface area contributed by atoms with Crippen LogP contribution in [0.3, 0.4) is 0 Å². The molecule has 2 aromatic rings. The molecule has 182 valence electrons. The maximum absolute atomic E-state index is 13.1. The maximum Gasteiger partial charge on any atom is 0.341 e. The monoisotopic (exact) mass is 490 g/mol. The fourth-order valence-corrected chi connectivity index (χ4v) is 4.43. The number of hydrogen-bond donors (Lipinski definition) is 1. The molecule has 0 spiro atoms. The van der Waals surface area contributed by atoms with Crippen LogP contribution in [0.5, 0.6) is 0 Å². The summed E-state index contributed by atoms with van der Waals surface area (Å²) in [5.41, 5.74) is 0.557. The van der Waals surface area contributed by atoms with Gasteiger partial charge in [0, 0.05) is 45.0 Å².